The van der Waals surface area contributed by atoms with Crippen molar-refractivity contribution in [3.8, 4) is 0 Å². The van der Waals surface area contributed by atoms with Crippen LogP contribution in [0.5, 0.6) is 0 Å². The van der Waals surface area contributed by atoms with Crippen molar-refractivity contribution in [2.45, 2.75) is 72.3 Å². The van der Waals surface area contributed by atoms with Gasteiger partial charge in [0.05, 0.1) is 0 Å². The third-order valence-corrected chi connectivity index (χ3v) is 4.37. The largest absolute Gasteiger partial charge is 0.447 e. The van der Waals surface area contributed by atoms with E-state index >= 15 is 0 Å². The minimum atomic E-state index is -0.547. The minimum Gasteiger partial charge on any atom is -0.447 e. The number of ether oxygens (including phenoxy) is 2. The van der Waals surface area contributed by atoms with Gasteiger partial charge in [0.25, 0.3) is 0 Å². The number of carbonyl (C=O) groups excluding carboxylic acids is 3. The van der Waals surface area contributed by atoms with E-state index in [4.69, 9.17) is 9.47 Å². The molecule has 2 amide bonds. The van der Waals surface area contributed by atoms with Gasteiger partial charge in [0.1, 0.15) is 12.2 Å². The van der Waals surface area contributed by atoms with Crippen molar-refractivity contribution in [3.05, 3.63) is 59.7 Å². The van der Waals surface area contributed by atoms with Gasteiger partial charge >= 0.3 is 12.2 Å². The fraction of sp³-hybridized carbons (Fsp3) is 0.458. The van der Waals surface area contributed by atoms with Crippen LogP contribution in [0.4, 0.5) is 9.59 Å². The van der Waals surface area contributed by atoms with Crippen molar-refractivity contribution < 1.29 is 23.9 Å². The van der Waals surface area contributed by atoms with Crippen LogP contribution in [0.3, 0.4) is 0 Å². The van der Waals surface area contributed by atoms with Gasteiger partial charge in [-0.3, -0.25) is 4.79 Å². The third-order valence-electron chi connectivity index (χ3n) is 4.37. The summed E-state index contributed by atoms with van der Waals surface area (Å²) in [5.41, 5.74) is 3.20. The lowest BCUT2D eigenvalue weighted by Gasteiger charge is -2.15. The predicted molar refractivity (Wildman–Crippen MR) is 120 cm³/mol. The Morgan fingerprint density at radius 1 is 0.935 bits per heavy atom. The Labute approximate surface area is 184 Å². The molecule has 0 bridgehead atoms. The minimum absolute atomic E-state index is 0.0320. The number of ketones is 1. The lowest BCUT2D eigenvalue weighted by Crippen LogP contribution is -2.28. The molecule has 1 aromatic carbocycles. The fourth-order valence-electron chi connectivity index (χ4n) is 2.79. The molecule has 0 saturated carbocycles. The van der Waals surface area contributed by atoms with E-state index in [0.717, 1.165) is 16.7 Å². The Bertz CT molecular complexity index is 803. The van der Waals surface area contributed by atoms with E-state index in [1.165, 1.54) is 0 Å². The zero-order chi connectivity index (χ0) is 23.4. The number of hydrogen-bond donors (Lipinski definition) is 2. The number of Topliss-reactive ketones (excluding diaryl/α,β-unsaturated/α-hetero) is 1. The van der Waals surface area contributed by atoms with Crippen LogP contribution in [0, 0.1) is 0 Å². The van der Waals surface area contributed by atoms with E-state index in [-0.39, 0.29) is 24.5 Å². The number of allylic oxidation sites excluding steroid dienone is 1. The van der Waals surface area contributed by atoms with Crippen molar-refractivity contribution in [2.75, 3.05) is 0 Å². The first-order valence-electron chi connectivity index (χ1n) is 10.4. The smallest absolute Gasteiger partial charge is 0.407 e. The molecule has 0 radical (unpaired) electrons. The molecule has 0 heterocycles. The summed E-state index contributed by atoms with van der Waals surface area (Å²) in [6.07, 6.45) is -0.284. The quantitative estimate of drug-likeness (QED) is 0.367. The van der Waals surface area contributed by atoms with Crippen LogP contribution in [0.2, 0.25) is 0 Å². The Balaban J connectivity index is 2.40. The Morgan fingerprint density at radius 3 is 1.94 bits per heavy atom. The average Bonchev–Trinajstić information content (AvgIpc) is 2.68. The second kappa shape index (κ2) is 13.3. The summed E-state index contributed by atoms with van der Waals surface area (Å²) >= 11 is 0. The molecular weight excluding hydrogens is 396 g/mol. The topological polar surface area (TPSA) is 93.7 Å². The number of amides is 2. The Kier molecular flexibility index (Phi) is 11.1. The molecule has 1 rings (SSSR count). The van der Waals surface area contributed by atoms with Crippen molar-refractivity contribution in [1.82, 2.24) is 10.6 Å². The second-order valence-electron chi connectivity index (χ2n) is 7.86. The molecule has 7 heteroatoms. The van der Waals surface area contributed by atoms with E-state index in [1.807, 2.05) is 38.1 Å². The van der Waals surface area contributed by atoms with Crippen LogP contribution >= 0.6 is 0 Å². The molecule has 0 fully saturated rings. The van der Waals surface area contributed by atoms with E-state index in [2.05, 4.69) is 23.8 Å². The summed E-state index contributed by atoms with van der Waals surface area (Å²) in [5.74, 6) is -0.0320. The van der Waals surface area contributed by atoms with Gasteiger partial charge < -0.3 is 20.1 Å². The molecule has 0 saturated heterocycles. The molecular formula is C24H34N2O5. The molecule has 7 nitrogen and oxygen atoms in total. The lowest BCUT2D eigenvalue weighted by molar-refractivity contribution is -0.116. The van der Waals surface area contributed by atoms with E-state index < -0.39 is 12.2 Å². The van der Waals surface area contributed by atoms with Gasteiger partial charge in [0, 0.05) is 25.9 Å². The predicted octanol–water partition coefficient (Wildman–Crippen LogP) is 4.81. The van der Waals surface area contributed by atoms with Gasteiger partial charge in [-0.2, -0.15) is 0 Å². The molecule has 170 valence electrons. The highest BCUT2D eigenvalue weighted by atomic mass is 16.6. The maximum absolute atomic E-state index is 12.0. The zero-order valence-electron chi connectivity index (χ0n) is 19.0. The maximum Gasteiger partial charge on any atom is 0.407 e. The van der Waals surface area contributed by atoms with Crippen LogP contribution in [-0.4, -0.2) is 30.2 Å². The van der Waals surface area contributed by atoms with E-state index in [9.17, 15) is 14.4 Å². The van der Waals surface area contributed by atoms with E-state index in [1.54, 1.807) is 13.8 Å². The van der Waals surface area contributed by atoms with Gasteiger partial charge in [-0.25, -0.2) is 9.59 Å². The number of nitrogens with one attached hydrogen (secondary N) is 2. The molecule has 0 aliphatic heterocycles. The van der Waals surface area contributed by atoms with Crippen molar-refractivity contribution in [1.29, 1.82) is 0 Å². The third kappa shape index (κ3) is 11.6. The maximum atomic E-state index is 12.0. The Morgan fingerprint density at radius 2 is 1.45 bits per heavy atom. The average molecular weight is 431 g/mol. The van der Waals surface area contributed by atoms with Crippen LogP contribution < -0.4 is 10.6 Å². The summed E-state index contributed by atoms with van der Waals surface area (Å²) in [4.78, 5) is 35.4. The van der Waals surface area contributed by atoms with Gasteiger partial charge in [-0.15, -0.1) is 6.58 Å². The summed E-state index contributed by atoms with van der Waals surface area (Å²) in [6.45, 7) is 15.1. The SMILES string of the molecule is C=C(C)CC(C)OC(=O)NCc1cccc(CNC(=O)OC(C)CCC(=O)C(=C)C)c1. The van der Waals surface area contributed by atoms with Crippen molar-refractivity contribution in [2.24, 2.45) is 0 Å². The van der Waals surface area contributed by atoms with Crippen LogP contribution in [0.25, 0.3) is 0 Å². The molecule has 31 heavy (non-hydrogen) atoms. The number of benzene rings is 1. The number of hydrogen-bond acceptors (Lipinski definition) is 5. The first-order valence-corrected chi connectivity index (χ1v) is 10.4. The number of alkyl carbamates (subject to hydrolysis) is 2. The first kappa shape index (κ1) is 25.9. The molecule has 0 aliphatic rings. The molecule has 0 spiro atoms. The summed E-state index contributed by atoms with van der Waals surface area (Å²) in [6, 6.07) is 7.47. The van der Waals surface area contributed by atoms with Gasteiger partial charge in [-0.05, 0) is 50.8 Å². The molecule has 2 unspecified atom stereocenters. The van der Waals surface area contributed by atoms with Gasteiger partial charge in [0.2, 0.25) is 0 Å². The first-order chi connectivity index (χ1) is 14.6. The monoisotopic (exact) mass is 430 g/mol. The lowest BCUT2D eigenvalue weighted by atomic mass is 10.1. The summed E-state index contributed by atoms with van der Waals surface area (Å²) in [7, 11) is 0. The second-order valence-corrected chi connectivity index (χ2v) is 7.86. The number of carbonyl (C=O) groups is 3. The van der Waals surface area contributed by atoms with Crippen LogP contribution in [0.1, 0.15) is 58.1 Å². The molecule has 0 aromatic heterocycles. The van der Waals surface area contributed by atoms with Crippen molar-refractivity contribution >= 4 is 18.0 Å². The van der Waals surface area contributed by atoms with Gasteiger partial charge in [0.15, 0.2) is 5.78 Å². The molecule has 2 atom stereocenters. The molecule has 0 aliphatic carbocycles. The van der Waals surface area contributed by atoms with Crippen LogP contribution in [-0.2, 0) is 27.4 Å². The zero-order valence-corrected chi connectivity index (χ0v) is 19.0. The fourth-order valence-corrected chi connectivity index (χ4v) is 2.79. The summed E-state index contributed by atoms with van der Waals surface area (Å²) < 4.78 is 10.5. The Hall–Kier alpha value is -3.09. The highest BCUT2D eigenvalue weighted by molar-refractivity contribution is 5.94. The standard InChI is InChI=1S/C24H34N2O5/c1-16(2)12-19(6)31-24(29)26-15-21-9-7-8-20(13-21)14-25-23(28)30-18(5)10-11-22(27)17(3)4/h7-9,13,18-19H,1,3,10-12,14-15H2,2,4-6H3,(H,25,28)(H,26,29). The molecule has 2 N–H and O–H groups in total. The molecule has 1 aromatic rings. The van der Waals surface area contributed by atoms with Crippen molar-refractivity contribution in [3.63, 3.8) is 0 Å². The number of rotatable bonds is 12. The highest BCUT2D eigenvalue weighted by Crippen LogP contribution is 2.09. The normalized spacial score (nSPS) is 12.3. The van der Waals surface area contributed by atoms with E-state index in [0.29, 0.717) is 31.4 Å². The van der Waals surface area contributed by atoms with Gasteiger partial charge in [-0.1, -0.05) is 36.4 Å². The highest BCUT2D eigenvalue weighted by Gasteiger charge is 2.12. The summed E-state index contributed by atoms with van der Waals surface area (Å²) in [5, 5.41) is 5.41. The van der Waals surface area contributed by atoms with Crippen LogP contribution in [0.15, 0.2) is 48.6 Å².